The van der Waals surface area contributed by atoms with Gasteiger partial charge in [0.25, 0.3) is 0 Å². The highest BCUT2D eigenvalue weighted by molar-refractivity contribution is 5.77. The van der Waals surface area contributed by atoms with E-state index in [1.165, 1.54) is 12.4 Å². The Morgan fingerprint density at radius 1 is 1.45 bits per heavy atom. The molecule has 11 heavy (non-hydrogen) atoms. The zero-order chi connectivity index (χ0) is 8.55. The molecule has 0 aliphatic rings. The van der Waals surface area contributed by atoms with Crippen LogP contribution < -0.4 is 0 Å². The third kappa shape index (κ3) is 0.941. The van der Waals surface area contributed by atoms with E-state index in [1.54, 1.807) is 12.1 Å². The van der Waals surface area contributed by atoms with E-state index < -0.39 is 5.82 Å². The summed E-state index contributed by atoms with van der Waals surface area (Å²) in [4.78, 5) is 7.37. The normalized spacial score (nSPS) is 11.5. The lowest BCUT2D eigenvalue weighted by Crippen LogP contribution is -1.83. The monoisotopic (exact) mass is 149 g/mol. The molecular formula is C8H5FN2. The van der Waals surface area contributed by atoms with Crippen molar-refractivity contribution in [2.45, 2.75) is 0 Å². The Labute approximate surface area is 64.1 Å². The van der Waals surface area contributed by atoms with Crippen molar-refractivity contribution in [2.75, 3.05) is 0 Å². The van der Waals surface area contributed by atoms with Gasteiger partial charge in [0, 0.05) is 11.6 Å². The molecule has 0 saturated carbocycles. The number of aromatic nitrogens is 2. The van der Waals surface area contributed by atoms with E-state index in [1.807, 2.05) is 0 Å². The highest BCUT2D eigenvalue weighted by atomic mass is 19.1. The molecule has 2 aromatic rings. The Hall–Kier alpha value is -1.51. The molecule has 0 atom stereocenters. The fourth-order valence-corrected chi connectivity index (χ4v) is 0.922. The highest BCUT2D eigenvalue weighted by Gasteiger charge is 1.98. The maximum atomic E-state index is 13.0. The summed E-state index contributed by atoms with van der Waals surface area (Å²) in [6, 6.07) is 4.48. The Morgan fingerprint density at radius 3 is 3.18 bits per heavy atom. The minimum Gasteiger partial charge on any atom is -0.244 e. The summed E-state index contributed by atoms with van der Waals surface area (Å²) < 4.78 is 20.3. The zero-order valence-corrected chi connectivity index (χ0v) is 5.58. The first kappa shape index (κ1) is 5.18. The number of para-hydroxylation sites is 1. The summed E-state index contributed by atoms with van der Waals surface area (Å²) in [7, 11) is 0. The van der Waals surface area contributed by atoms with Crippen molar-refractivity contribution in [3.05, 3.63) is 36.5 Å². The average Bonchev–Trinajstić information content (AvgIpc) is 2.07. The van der Waals surface area contributed by atoms with Crippen molar-refractivity contribution in [3.63, 3.8) is 0 Å². The maximum Gasteiger partial charge on any atom is 0.149 e. The van der Waals surface area contributed by atoms with Crippen molar-refractivity contribution in [3.8, 4) is 0 Å². The molecule has 1 aromatic heterocycles. The lowest BCUT2D eigenvalue weighted by molar-refractivity contribution is 0.636. The summed E-state index contributed by atoms with van der Waals surface area (Å²) in [5, 5.41) is 0.442. The molecule has 0 saturated heterocycles. The third-order valence-corrected chi connectivity index (χ3v) is 1.42. The lowest BCUT2D eigenvalue weighted by Gasteiger charge is -1.94. The Bertz CT molecular complexity index is 389. The molecule has 3 heteroatoms. The Morgan fingerprint density at radius 2 is 2.36 bits per heavy atom. The molecule has 54 valence electrons. The van der Waals surface area contributed by atoms with Crippen LogP contribution in [0.3, 0.4) is 0 Å². The van der Waals surface area contributed by atoms with Gasteiger partial charge < -0.3 is 0 Å². The van der Waals surface area contributed by atoms with E-state index in [0.29, 0.717) is 5.39 Å². The molecule has 2 nitrogen and oxygen atoms in total. The number of benzene rings is 1. The molecule has 0 radical (unpaired) electrons. The minimum atomic E-state index is -0.414. The van der Waals surface area contributed by atoms with Gasteiger partial charge in [0.1, 0.15) is 17.7 Å². The van der Waals surface area contributed by atoms with E-state index in [2.05, 4.69) is 9.97 Å². The predicted molar refractivity (Wildman–Crippen MR) is 39.5 cm³/mol. The Kier molecular flexibility index (Phi) is 1.07. The summed E-state index contributed by atoms with van der Waals surface area (Å²) in [5.41, 5.74) is 0.206. The second-order valence-electron chi connectivity index (χ2n) is 2.12. The van der Waals surface area contributed by atoms with Gasteiger partial charge in [-0.15, -0.1) is 0 Å². The van der Waals surface area contributed by atoms with E-state index in [9.17, 15) is 4.39 Å². The first-order valence-corrected chi connectivity index (χ1v) is 3.15. The number of hydrogen-bond donors (Lipinski definition) is 0. The summed E-state index contributed by atoms with van der Waals surface area (Å²) in [6.45, 7) is 0. The summed E-state index contributed by atoms with van der Waals surface area (Å²) >= 11 is 0. The maximum absolute atomic E-state index is 13.0. The quantitative estimate of drug-likeness (QED) is 0.570. The molecule has 0 aliphatic heterocycles. The molecule has 0 N–H and O–H groups in total. The molecule has 2 rings (SSSR count). The largest absolute Gasteiger partial charge is 0.244 e. The van der Waals surface area contributed by atoms with E-state index in [-0.39, 0.29) is 11.7 Å². The van der Waals surface area contributed by atoms with Crippen LogP contribution in [0.5, 0.6) is 0 Å². The molecule has 1 aromatic carbocycles. The van der Waals surface area contributed by atoms with Crippen molar-refractivity contribution >= 4 is 10.9 Å². The molecule has 0 bridgehead atoms. The van der Waals surface area contributed by atoms with Crippen LogP contribution in [0, 0.1) is 5.82 Å². The third-order valence-electron chi connectivity index (χ3n) is 1.42. The van der Waals surface area contributed by atoms with Gasteiger partial charge in [0.15, 0.2) is 0 Å². The molecule has 0 fully saturated rings. The summed E-state index contributed by atoms with van der Waals surface area (Å²) in [6.07, 6.45) is 1.24. The SMILES string of the molecule is [2H]c1ncnc2c(F)cccc12. The molecule has 0 spiro atoms. The van der Waals surface area contributed by atoms with E-state index in [4.69, 9.17) is 1.37 Å². The lowest BCUT2D eigenvalue weighted by atomic mass is 10.2. The topological polar surface area (TPSA) is 25.8 Å². The van der Waals surface area contributed by atoms with E-state index >= 15 is 0 Å². The van der Waals surface area contributed by atoms with Crippen LogP contribution in [0.2, 0.25) is 0 Å². The molecular weight excluding hydrogens is 143 g/mol. The average molecular weight is 149 g/mol. The fraction of sp³-hybridized carbons (Fsp3) is 0. The molecule has 0 aliphatic carbocycles. The van der Waals surface area contributed by atoms with Crippen molar-refractivity contribution in [1.82, 2.24) is 9.97 Å². The van der Waals surface area contributed by atoms with Gasteiger partial charge in [-0.05, 0) is 6.07 Å². The smallest absolute Gasteiger partial charge is 0.149 e. The fourth-order valence-electron chi connectivity index (χ4n) is 0.922. The number of rotatable bonds is 0. The zero-order valence-electron chi connectivity index (χ0n) is 6.58. The van der Waals surface area contributed by atoms with Gasteiger partial charge in [0.2, 0.25) is 0 Å². The van der Waals surface area contributed by atoms with Crippen LogP contribution in [0.15, 0.2) is 30.7 Å². The first-order chi connectivity index (χ1) is 5.79. The first-order valence-electron chi connectivity index (χ1n) is 3.65. The van der Waals surface area contributed by atoms with Crippen LogP contribution in [0.1, 0.15) is 1.37 Å². The standard InChI is InChI=1S/C8H5FN2/c9-7-3-1-2-6-4-10-5-11-8(6)7/h1-5H/i4D. The van der Waals surface area contributed by atoms with Gasteiger partial charge in [-0.25, -0.2) is 14.4 Å². The number of fused-ring (bicyclic) bond motifs is 1. The van der Waals surface area contributed by atoms with Crippen LogP contribution in [0.25, 0.3) is 10.9 Å². The van der Waals surface area contributed by atoms with Crippen LogP contribution >= 0.6 is 0 Å². The highest BCUT2D eigenvalue weighted by Crippen LogP contribution is 2.11. The van der Waals surface area contributed by atoms with Gasteiger partial charge in [-0.2, -0.15) is 0 Å². The van der Waals surface area contributed by atoms with Gasteiger partial charge in [-0.3, -0.25) is 0 Å². The molecule has 0 amide bonds. The van der Waals surface area contributed by atoms with Crippen molar-refractivity contribution in [2.24, 2.45) is 0 Å². The molecule has 1 heterocycles. The van der Waals surface area contributed by atoms with Crippen LogP contribution in [-0.4, -0.2) is 9.97 Å². The summed E-state index contributed by atoms with van der Waals surface area (Å²) in [5.74, 6) is -0.414. The number of hydrogen-bond acceptors (Lipinski definition) is 2. The molecule has 0 unspecified atom stereocenters. The van der Waals surface area contributed by atoms with Gasteiger partial charge in [-0.1, -0.05) is 12.1 Å². The van der Waals surface area contributed by atoms with E-state index in [0.717, 1.165) is 0 Å². The minimum absolute atomic E-state index is 0.0551. The predicted octanol–water partition coefficient (Wildman–Crippen LogP) is 1.77. The van der Waals surface area contributed by atoms with Gasteiger partial charge in [0.05, 0.1) is 1.37 Å². The van der Waals surface area contributed by atoms with Crippen molar-refractivity contribution in [1.29, 1.82) is 0 Å². The van der Waals surface area contributed by atoms with Crippen LogP contribution in [-0.2, 0) is 0 Å². The van der Waals surface area contributed by atoms with Crippen LogP contribution in [0.4, 0.5) is 4.39 Å². The second-order valence-corrected chi connectivity index (χ2v) is 2.12. The Balaban J connectivity index is 2.94. The number of halogens is 1. The second kappa shape index (κ2) is 2.27. The van der Waals surface area contributed by atoms with Crippen molar-refractivity contribution < 1.29 is 5.76 Å². The number of nitrogens with zero attached hydrogens (tertiary/aromatic N) is 2. The van der Waals surface area contributed by atoms with Gasteiger partial charge >= 0.3 is 0 Å².